The molecule has 5 heteroatoms. The molecule has 4 rings (SSSR count). The van der Waals surface area contributed by atoms with Crippen molar-refractivity contribution in [1.82, 2.24) is 14.9 Å². The van der Waals surface area contributed by atoms with Crippen LogP contribution in [0.25, 0.3) is 10.8 Å². The van der Waals surface area contributed by atoms with Crippen LogP contribution in [0.1, 0.15) is 27.3 Å². The first-order valence-corrected chi connectivity index (χ1v) is 7.52. The first kappa shape index (κ1) is 13.7. The average Bonchev–Trinajstić information content (AvgIpc) is 2.98. The molecule has 0 bridgehead atoms. The van der Waals surface area contributed by atoms with E-state index in [0.29, 0.717) is 13.1 Å². The highest BCUT2D eigenvalue weighted by Gasteiger charge is 2.28. The molecule has 0 atom stereocenters. The van der Waals surface area contributed by atoms with Crippen LogP contribution in [0, 0.1) is 6.92 Å². The first-order valence-electron chi connectivity index (χ1n) is 7.52. The highest BCUT2D eigenvalue weighted by Crippen LogP contribution is 2.27. The van der Waals surface area contributed by atoms with E-state index < -0.39 is 0 Å². The van der Waals surface area contributed by atoms with Crippen LogP contribution in [0.4, 0.5) is 5.95 Å². The van der Waals surface area contributed by atoms with E-state index in [4.69, 9.17) is 5.73 Å². The molecule has 2 N–H and O–H groups in total. The van der Waals surface area contributed by atoms with Crippen molar-refractivity contribution in [3.05, 3.63) is 65.0 Å². The van der Waals surface area contributed by atoms with Gasteiger partial charge in [-0.2, -0.15) is 0 Å². The highest BCUT2D eigenvalue weighted by molar-refractivity contribution is 6.07. The van der Waals surface area contributed by atoms with Crippen LogP contribution in [-0.2, 0) is 13.1 Å². The average molecular weight is 304 g/mol. The van der Waals surface area contributed by atoms with E-state index in [0.717, 1.165) is 33.3 Å². The molecule has 1 aliphatic heterocycles. The molecular formula is C18H16N4O. The predicted molar refractivity (Wildman–Crippen MR) is 88.7 cm³/mol. The van der Waals surface area contributed by atoms with E-state index in [1.54, 1.807) is 4.90 Å². The number of fused-ring (bicyclic) bond motifs is 2. The number of hydrogen-bond acceptors (Lipinski definition) is 4. The zero-order chi connectivity index (χ0) is 16.0. The maximum atomic E-state index is 13.0. The fraction of sp³-hybridized carbons (Fsp3) is 0.167. The van der Waals surface area contributed by atoms with Gasteiger partial charge in [0, 0.05) is 16.8 Å². The van der Waals surface area contributed by atoms with Crippen molar-refractivity contribution in [3.63, 3.8) is 0 Å². The molecule has 0 saturated heterocycles. The van der Waals surface area contributed by atoms with Crippen molar-refractivity contribution in [2.45, 2.75) is 20.0 Å². The minimum Gasteiger partial charge on any atom is -0.368 e. The maximum absolute atomic E-state index is 13.0. The Labute approximate surface area is 133 Å². The number of hydrogen-bond donors (Lipinski definition) is 1. The molecule has 0 fully saturated rings. The summed E-state index contributed by atoms with van der Waals surface area (Å²) in [6.45, 7) is 2.91. The van der Waals surface area contributed by atoms with Gasteiger partial charge in [-0.05, 0) is 23.8 Å². The van der Waals surface area contributed by atoms with Gasteiger partial charge in [0.25, 0.3) is 5.91 Å². The van der Waals surface area contributed by atoms with Crippen LogP contribution < -0.4 is 5.73 Å². The number of anilines is 1. The Morgan fingerprint density at radius 3 is 2.74 bits per heavy atom. The number of benzene rings is 2. The van der Waals surface area contributed by atoms with Gasteiger partial charge < -0.3 is 10.6 Å². The lowest BCUT2D eigenvalue weighted by molar-refractivity contribution is 0.0752. The molecule has 0 aliphatic carbocycles. The van der Waals surface area contributed by atoms with Crippen LogP contribution in [0.15, 0.2) is 42.5 Å². The number of nitrogens with zero attached hydrogens (tertiary/aromatic N) is 3. The lowest BCUT2D eigenvalue weighted by Gasteiger charge is -2.16. The third-order valence-corrected chi connectivity index (χ3v) is 4.31. The first-order chi connectivity index (χ1) is 11.1. The van der Waals surface area contributed by atoms with Gasteiger partial charge in [-0.3, -0.25) is 4.79 Å². The van der Waals surface area contributed by atoms with Gasteiger partial charge in [0.05, 0.1) is 18.8 Å². The molecule has 0 spiro atoms. The number of aryl methyl sites for hydroxylation is 1. The van der Waals surface area contributed by atoms with Crippen LogP contribution in [0.3, 0.4) is 0 Å². The molecule has 0 unspecified atom stereocenters. The third kappa shape index (κ3) is 2.21. The smallest absolute Gasteiger partial charge is 0.255 e. The number of carbonyl (C=O) groups excluding carboxylic acids is 1. The van der Waals surface area contributed by atoms with E-state index in [9.17, 15) is 4.79 Å². The van der Waals surface area contributed by atoms with Crippen LogP contribution in [0.5, 0.6) is 0 Å². The van der Waals surface area contributed by atoms with E-state index in [1.807, 2.05) is 49.4 Å². The molecule has 0 radical (unpaired) electrons. The Kier molecular flexibility index (Phi) is 3.01. The fourth-order valence-electron chi connectivity index (χ4n) is 3.17. The van der Waals surface area contributed by atoms with Gasteiger partial charge in [0.15, 0.2) is 0 Å². The second kappa shape index (κ2) is 5.05. The van der Waals surface area contributed by atoms with Gasteiger partial charge >= 0.3 is 0 Å². The molecule has 1 aliphatic rings. The van der Waals surface area contributed by atoms with Crippen LogP contribution in [0.2, 0.25) is 0 Å². The monoisotopic (exact) mass is 304 g/mol. The maximum Gasteiger partial charge on any atom is 0.255 e. The van der Waals surface area contributed by atoms with E-state index in [-0.39, 0.29) is 11.9 Å². The molecule has 5 nitrogen and oxygen atoms in total. The van der Waals surface area contributed by atoms with Crippen LogP contribution >= 0.6 is 0 Å². The number of nitrogen functional groups attached to an aromatic ring is 1. The van der Waals surface area contributed by atoms with Crippen molar-refractivity contribution in [3.8, 4) is 0 Å². The number of nitrogens with two attached hydrogens (primary N) is 1. The zero-order valence-corrected chi connectivity index (χ0v) is 12.8. The summed E-state index contributed by atoms with van der Waals surface area (Å²) in [7, 11) is 0. The molecule has 0 saturated carbocycles. The Hall–Kier alpha value is -2.95. The van der Waals surface area contributed by atoms with Crippen molar-refractivity contribution < 1.29 is 4.79 Å². The van der Waals surface area contributed by atoms with E-state index >= 15 is 0 Å². The summed E-state index contributed by atoms with van der Waals surface area (Å²) in [5.41, 5.74) is 9.14. The third-order valence-electron chi connectivity index (χ3n) is 4.31. The zero-order valence-electron chi connectivity index (χ0n) is 12.8. The second-order valence-electron chi connectivity index (χ2n) is 5.78. The minimum atomic E-state index is 0.0118. The summed E-state index contributed by atoms with van der Waals surface area (Å²) in [5.74, 6) is 0.276. The van der Waals surface area contributed by atoms with E-state index in [1.165, 1.54) is 0 Å². The molecule has 2 aromatic carbocycles. The Bertz CT molecular complexity index is 930. The summed E-state index contributed by atoms with van der Waals surface area (Å²) >= 11 is 0. The lowest BCUT2D eigenvalue weighted by Crippen LogP contribution is -2.25. The fourth-order valence-corrected chi connectivity index (χ4v) is 3.17. The topological polar surface area (TPSA) is 72.1 Å². The largest absolute Gasteiger partial charge is 0.368 e. The normalized spacial score (nSPS) is 13.3. The summed E-state index contributed by atoms with van der Waals surface area (Å²) in [6, 6.07) is 13.7. The molecule has 1 aromatic heterocycles. The van der Waals surface area contributed by atoms with Gasteiger partial charge in [0.1, 0.15) is 0 Å². The van der Waals surface area contributed by atoms with E-state index in [2.05, 4.69) is 9.97 Å². The van der Waals surface area contributed by atoms with Crippen molar-refractivity contribution in [2.24, 2.45) is 0 Å². The van der Waals surface area contributed by atoms with Gasteiger partial charge in [-0.1, -0.05) is 36.4 Å². The second-order valence-corrected chi connectivity index (χ2v) is 5.78. The quantitative estimate of drug-likeness (QED) is 0.750. The molecule has 1 amide bonds. The van der Waals surface area contributed by atoms with Crippen molar-refractivity contribution in [1.29, 1.82) is 0 Å². The predicted octanol–water partition coefficient (Wildman–Crippen LogP) is 2.68. The van der Waals surface area contributed by atoms with Gasteiger partial charge in [-0.15, -0.1) is 0 Å². The Morgan fingerprint density at radius 1 is 1.09 bits per heavy atom. The minimum absolute atomic E-state index is 0.0118. The molecular weight excluding hydrogens is 288 g/mol. The molecule has 23 heavy (non-hydrogen) atoms. The lowest BCUT2D eigenvalue weighted by atomic mass is 10.0. The molecule has 3 aromatic rings. The Balaban J connectivity index is 1.72. The van der Waals surface area contributed by atoms with Gasteiger partial charge in [0.2, 0.25) is 5.95 Å². The van der Waals surface area contributed by atoms with Crippen molar-refractivity contribution in [2.75, 3.05) is 5.73 Å². The SMILES string of the molecule is Cc1nc(N)nc2c1CN(C(=O)c1cccc3ccccc13)C2. The van der Waals surface area contributed by atoms with Gasteiger partial charge in [-0.25, -0.2) is 9.97 Å². The summed E-state index contributed by atoms with van der Waals surface area (Å²) in [6.07, 6.45) is 0. The highest BCUT2D eigenvalue weighted by atomic mass is 16.2. The number of carbonyl (C=O) groups is 1. The number of amides is 1. The number of rotatable bonds is 1. The molecule has 2 heterocycles. The van der Waals surface area contributed by atoms with Crippen molar-refractivity contribution >= 4 is 22.6 Å². The molecule has 114 valence electrons. The summed E-state index contributed by atoms with van der Waals surface area (Å²) < 4.78 is 0. The Morgan fingerprint density at radius 2 is 1.87 bits per heavy atom. The summed E-state index contributed by atoms with van der Waals surface area (Å²) in [4.78, 5) is 23.2. The van der Waals surface area contributed by atoms with Crippen LogP contribution in [-0.4, -0.2) is 20.8 Å². The standard InChI is InChI=1S/C18H16N4O/c1-11-15-9-22(10-16(15)21-18(19)20-11)17(23)14-8-4-6-12-5-2-3-7-13(12)14/h2-8H,9-10H2,1H3,(H2,19,20,21). The number of aromatic nitrogens is 2. The summed E-state index contributed by atoms with van der Waals surface area (Å²) in [5, 5.41) is 2.04.